The van der Waals surface area contributed by atoms with Gasteiger partial charge in [0.15, 0.2) is 0 Å². The first-order valence-corrected chi connectivity index (χ1v) is 11.0. The maximum atomic E-state index is 12.1. The Labute approximate surface area is 166 Å². The summed E-state index contributed by atoms with van der Waals surface area (Å²) in [4.78, 5) is 23.8. The molecule has 1 unspecified atom stereocenters. The normalized spacial score (nSPS) is 12.0. The van der Waals surface area contributed by atoms with E-state index in [1.165, 1.54) is 38.5 Å². The molecule has 5 nitrogen and oxygen atoms in total. The zero-order chi connectivity index (χ0) is 20.2. The van der Waals surface area contributed by atoms with Crippen LogP contribution in [0.1, 0.15) is 104 Å². The zero-order valence-corrected chi connectivity index (χ0v) is 17.9. The van der Waals surface area contributed by atoms with Crippen molar-refractivity contribution in [2.24, 2.45) is 0 Å². The monoisotopic (exact) mass is 386 g/mol. The van der Waals surface area contributed by atoms with Gasteiger partial charge >= 0.3 is 11.9 Å². The highest BCUT2D eigenvalue weighted by Gasteiger charge is 2.16. The van der Waals surface area contributed by atoms with Crippen LogP contribution < -0.4 is 0 Å². The average molecular weight is 387 g/mol. The van der Waals surface area contributed by atoms with E-state index in [-0.39, 0.29) is 30.9 Å². The Morgan fingerprint density at radius 2 is 1.30 bits per heavy atom. The second-order valence-corrected chi connectivity index (χ2v) is 7.23. The van der Waals surface area contributed by atoms with Crippen LogP contribution in [0.5, 0.6) is 0 Å². The standard InChI is InChI=1S/C22H42O5/c1-4-6-8-10-12-19-26-21(23)16-17-22(24)27-20(15-13-18-25-3)14-11-9-7-5-2/h20H,4-19H2,1-3H3. The van der Waals surface area contributed by atoms with Gasteiger partial charge in [0.25, 0.3) is 0 Å². The summed E-state index contributed by atoms with van der Waals surface area (Å²) in [5, 5.41) is 0. The minimum atomic E-state index is -0.304. The lowest BCUT2D eigenvalue weighted by Crippen LogP contribution is -2.20. The maximum Gasteiger partial charge on any atom is 0.306 e. The summed E-state index contributed by atoms with van der Waals surface area (Å²) in [7, 11) is 1.68. The number of unbranched alkanes of at least 4 members (excludes halogenated alkanes) is 7. The van der Waals surface area contributed by atoms with Crippen LogP contribution in [0.4, 0.5) is 0 Å². The first-order chi connectivity index (χ1) is 13.1. The van der Waals surface area contributed by atoms with Crippen LogP contribution in [0.25, 0.3) is 0 Å². The van der Waals surface area contributed by atoms with E-state index in [9.17, 15) is 9.59 Å². The third-order valence-corrected chi connectivity index (χ3v) is 4.60. The van der Waals surface area contributed by atoms with Crippen LogP contribution in [0.3, 0.4) is 0 Å². The largest absolute Gasteiger partial charge is 0.466 e. The van der Waals surface area contributed by atoms with E-state index in [4.69, 9.17) is 14.2 Å². The maximum absolute atomic E-state index is 12.1. The Bertz CT molecular complexity index is 357. The molecule has 160 valence electrons. The van der Waals surface area contributed by atoms with E-state index in [1.807, 2.05) is 0 Å². The molecule has 0 spiro atoms. The third kappa shape index (κ3) is 18.0. The van der Waals surface area contributed by atoms with Crippen LogP contribution in [-0.2, 0) is 23.8 Å². The van der Waals surface area contributed by atoms with Gasteiger partial charge < -0.3 is 14.2 Å². The highest BCUT2D eigenvalue weighted by atomic mass is 16.5. The summed E-state index contributed by atoms with van der Waals surface area (Å²) >= 11 is 0. The lowest BCUT2D eigenvalue weighted by molar-refractivity contribution is -0.154. The topological polar surface area (TPSA) is 61.8 Å². The molecule has 0 aliphatic heterocycles. The van der Waals surface area contributed by atoms with Crippen molar-refractivity contribution in [3.05, 3.63) is 0 Å². The van der Waals surface area contributed by atoms with E-state index in [0.29, 0.717) is 13.2 Å². The molecule has 0 saturated carbocycles. The van der Waals surface area contributed by atoms with Gasteiger partial charge in [0, 0.05) is 13.7 Å². The second-order valence-electron chi connectivity index (χ2n) is 7.23. The van der Waals surface area contributed by atoms with E-state index in [1.54, 1.807) is 7.11 Å². The summed E-state index contributed by atoms with van der Waals surface area (Å²) in [5.41, 5.74) is 0. The number of carbonyl (C=O) groups excluding carboxylic acids is 2. The average Bonchev–Trinajstić information content (AvgIpc) is 2.66. The van der Waals surface area contributed by atoms with Gasteiger partial charge in [-0.15, -0.1) is 0 Å². The fourth-order valence-corrected chi connectivity index (χ4v) is 2.93. The van der Waals surface area contributed by atoms with E-state index in [0.717, 1.165) is 38.5 Å². The zero-order valence-electron chi connectivity index (χ0n) is 17.9. The quantitative estimate of drug-likeness (QED) is 0.214. The summed E-state index contributed by atoms with van der Waals surface area (Å²) in [6.45, 7) is 5.48. The Balaban J connectivity index is 3.95. The van der Waals surface area contributed by atoms with Gasteiger partial charge in [0.05, 0.1) is 19.4 Å². The summed E-state index contributed by atoms with van der Waals surface area (Å²) in [6, 6.07) is 0. The lowest BCUT2D eigenvalue weighted by atomic mass is 10.1. The summed E-state index contributed by atoms with van der Waals surface area (Å²) in [5.74, 6) is -0.603. The Morgan fingerprint density at radius 1 is 0.704 bits per heavy atom. The van der Waals surface area contributed by atoms with Gasteiger partial charge in [-0.2, -0.15) is 0 Å². The molecule has 0 amide bonds. The lowest BCUT2D eigenvalue weighted by Gasteiger charge is -2.18. The fourth-order valence-electron chi connectivity index (χ4n) is 2.93. The van der Waals surface area contributed by atoms with Crippen molar-refractivity contribution in [3.63, 3.8) is 0 Å². The van der Waals surface area contributed by atoms with E-state index in [2.05, 4.69) is 13.8 Å². The predicted octanol–water partition coefficient (Wildman–Crippen LogP) is 5.59. The Kier molecular flexibility index (Phi) is 18.9. The molecule has 1 atom stereocenters. The molecule has 0 aliphatic carbocycles. The first-order valence-electron chi connectivity index (χ1n) is 11.0. The molecule has 0 heterocycles. The van der Waals surface area contributed by atoms with Crippen LogP contribution in [0.15, 0.2) is 0 Å². The SMILES string of the molecule is CCCCCCCOC(=O)CCC(=O)OC(CCCCCC)CCCOC. The number of esters is 2. The minimum absolute atomic E-state index is 0.0703. The molecule has 5 heteroatoms. The molecular formula is C22H42O5. The number of hydrogen-bond donors (Lipinski definition) is 0. The van der Waals surface area contributed by atoms with Crippen molar-refractivity contribution in [2.45, 2.75) is 110 Å². The highest BCUT2D eigenvalue weighted by molar-refractivity contribution is 5.77. The van der Waals surface area contributed by atoms with Crippen molar-refractivity contribution in [1.29, 1.82) is 0 Å². The molecule has 0 aromatic carbocycles. The molecule has 27 heavy (non-hydrogen) atoms. The van der Waals surface area contributed by atoms with Gasteiger partial charge in [0.1, 0.15) is 6.10 Å². The number of hydrogen-bond acceptors (Lipinski definition) is 5. The Morgan fingerprint density at radius 3 is 1.96 bits per heavy atom. The molecule has 0 aromatic rings. The van der Waals surface area contributed by atoms with Crippen LogP contribution >= 0.6 is 0 Å². The van der Waals surface area contributed by atoms with Crippen LogP contribution in [0, 0.1) is 0 Å². The van der Waals surface area contributed by atoms with E-state index >= 15 is 0 Å². The highest BCUT2D eigenvalue weighted by Crippen LogP contribution is 2.14. The summed E-state index contributed by atoms with van der Waals surface area (Å²) < 4.78 is 15.9. The van der Waals surface area contributed by atoms with Crippen LogP contribution in [0.2, 0.25) is 0 Å². The van der Waals surface area contributed by atoms with Crippen molar-refractivity contribution < 1.29 is 23.8 Å². The van der Waals surface area contributed by atoms with Crippen molar-refractivity contribution in [2.75, 3.05) is 20.3 Å². The molecule has 0 saturated heterocycles. The van der Waals surface area contributed by atoms with Gasteiger partial charge in [-0.1, -0.05) is 58.8 Å². The molecule has 0 aliphatic rings. The van der Waals surface area contributed by atoms with Gasteiger partial charge in [-0.05, 0) is 32.1 Å². The Hall–Kier alpha value is -1.10. The first kappa shape index (κ1) is 25.9. The van der Waals surface area contributed by atoms with Crippen molar-refractivity contribution in [3.8, 4) is 0 Å². The number of ether oxygens (including phenoxy) is 3. The number of carbonyl (C=O) groups is 2. The smallest absolute Gasteiger partial charge is 0.306 e. The molecule has 0 rings (SSSR count). The van der Waals surface area contributed by atoms with Crippen molar-refractivity contribution >= 4 is 11.9 Å². The summed E-state index contributed by atoms with van der Waals surface area (Å²) in [6.07, 6.45) is 12.9. The minimum Gasteiger partial charge on any atom is -0.466 e. The molecule has 0 fully saturated rings. The number of methoxy groups -OCH3 is 1. The molecule has 0 N–H and O–H groups in total. The van der Waals surface area contributed by atoms with E-state index < -0.39 is 0 Å². The third-order valence-electron chi connectivity index (χ3n) is 4.60. The molecule has 0 bridgehead atoms. The predicted molar refractivity (Wildman–Crippen MR) is 109 cm³/mol. The van der Waals surface area contributed by atoms with Crippen molar-refractivity contribution in [1.82, 2.24) is 0 Å². The fraction of sp³-hybridized carbons (Fsp3) is 0.909. The molecule has 0 radical (unpaired) electrons. The van der Waals surface area contributed by atoms with Gasteiger partial charge in [-0.25, -0.2) is 0 Å². The molecule has 0 aromatic heterocycles. The second kappa shape index (κ2) is 19.7. The van der Waals surface area contributed by atoms with Gasteiger partial charge in [0.2, 0.25) is 0 Å². The molecular weight excluding hydrogens is 344 g/mol. The number of rotatable bonds is 19. The van der Waals surface area contributed by atoms with Gasteiger partial charge in [-0.3, -0.25) is 9.59 Å². The van der Waals surface area contributed by atoms with Crippen LogP contribution in [-0.4, -0.2) is 38.4 Å².